The Labute approximate surface area is 360 Å². The van der Waals surface area contributed by atoms with E-state index in [0.29, 0.717) is 0 Å². The Bertz CT molecular complexity index is 2550. The molecule has 0 saturated carbocycles. The van der Waals surface area contributed by atoms with E-state index in [9.17, 15) is 0 Å². The third kappa shape index (κ3) is 8.92. The molecule has 0 aliphatic rings. The second-order valence-corrected chi connectivity index (χ2v) is 15.0. The predicted octanol–water partition coefficient (Wildman–Crippen LogP) is 16.1. The number of nitrogens with zero attached hydrogens (tertiary/aromatic N) is 3. The van der Waals surface area contributed by atoms with Crippen LogP contribution in [0.2, 0.25) is 0 Å². The van der Waals surface area contributed by atoms with Gasteiger partial charge in [-0.05, 0) is 125 Å². The van der Waals surface area contributed by atoms with Gasteiger partial charge < -0.3 is 14.4 Å². The highest BCUT2D eigenvalue weighted by molar-refractivity contribution is 5.80. The highest BCUT2D eigenvalue weighted by Gasteiger charge is 2.14. The summed E-state index contributed by atoms with van der Waals surface area (Å²) in [6.45, 7) is 3.10. The average Bonchev–Trinajstić information content (AvgIpc) is 3.77. The molecule has 294 valence electrons. The molecule has 61 heavy (non-hydrogen) atoms. The molecule has 9 rings (SSSR count). The minimum absolute atomic E-state index is 0.880. The topological polar surface area (TPSA) is 11.4 Å². The molecule has 0 radical (unpaired) electrons. The van der Waals surface area contributed by atoms with Gasteiger partial charge in [0, 0.05) is 52.1 Å². The number of para-hydroxylation sites is 4. The van der Waals surface area contributed by atoms with E-state index in [0.717, 1.165) is 51.8 Å². The number of hydrogen-bond acceptors (Lipinski definition) is 2. The van der Waals surface area contributed by atoms with E-state index in [4.69, 9.17) is 0 Å². The van der Waals surface area contributed by atoms with E-state index < -0.39 is 0 Å². The van der Waals surface area contributed by atoms with Crippen LogP contribution in [0.4, 0.5) is 34.1 Å². The van der Waals surface area contributed by atoms with Gasteiger partial charge in [0.15, 0.2) is 0 Å². The van der Waals surface area contributed by atoms with Crippen LogP contribution in [0.5, 0.6) is 0 Å². The summed E-state index contributed by atoms with van der Waals surface area (Å²) in [5.41, 5.74) is 16.3. The van der Waals surface area contributed by atoms with Crippen LogP contribution in [0.1, 0.15) is 29.2 Å². The maximum atomic E-state index is 2.40. The Balaban J connectivity index is 0.857. The molecule has 1 aromatic heterocycles. The van der Waals surface area contributed by atoms with Gasteiger partial charge in [-0.2, -0.15) is 0 Å². The summed E-state index contributed by atoms with van der Waals surface area (Å²) in [4.78, 5) is 4.57. The van der Waals surface area contributed by atoms with Crippen molar-refractivity contribution in [1.29, 1.82) is 0 Å². The summed E-state index contributed by atoms with van der Waals surface area (Å²) in [6.07, 6.45) is 8.74. The standard InChI is InChI=1S/C58H47N3/c1-2-59-57(49-35-27-45(28-36-49)23-25-47-31-39-55(40-32-47)60(51-15-7-3-8-16-51)52-17-9-4-10-18-52)43-44-58(59)50-37-29-46(30-38-50)24-26-48-33-41-56(42-34-48)61(53-19-11-5-12-20-53)54-21-13-6-14-22-54/h3-44H,2H2,1H3. The molecule has 0 saturated heterocycles. The zero-order valence-corrected chi connectivity index (χ0v) is 34.3. The lowest BCUT2D eigenvalue weighted by atomic mass is 10.1. The third-order valence-electron chi connectivity index (χ3n) is 11.0. The molecule has 0 spiro atoms. The molecular weight excluding hydrogens is 739 g/mol. The summed E-state index contributed by atoms with van der Waals surface area (Å²) in [5.74, 6) is 0. The van der Waals surface area contributed by atoms with Crippen molar-refractivity contribution in [1.82, 2.24) is 4.57 Å². The van der Waals surface area contributed by atoms with E-state index in [1.54, 1.807) is 0 Å². The molecule has 3 nitrogen and oxygen atoms in total. The Morgan fingerprint density at radius 2 is 0.541 bits per heavy atom. The lowest BCUT2D eigenvalue weighted by molar-refractivity contribution is 0.785. The van der Waals surface area contributed by atoms with E-state index in [1.165, 1.54) is 33.6 Å². The van der Waals surface area contributed by atoms with Gasteiger partial charge in [-0.15, -0.1) is 0 Å². The van der Waals surface area contributed by atoms with E-state index >= 15 is 0 Å². The number of rotatable bonds is 13. The van der Waals surface area contributed by atoms with Crippen molar-refractivity contribution in [2.24, 2.45) is 0 Å². The highest BCUT2D eigenvalue weighted by atomic mass is 15.1. The van der Waals surface area contributed by atoms with Gasteiger partial charge in [0.25, 0.3) is 0 Å². The molecule has 0 atom stereocenters. The van der Waals surface area contributed by atoms with Crippen LogP contribution in [-0.4, -0.2) is 4.57 Å². The number of benzene rings is 8. The first-order valence-electron chi connectivity index (χ1n) is 21.0. The largest absolute Gasteiger partial charge is 0.341 e. The summed E-state index contributed by atoms with van der Waals surface area (Å²) in [6, 6.07) is 81.8. The molecule has 0 amide bonds. The molecule has 0 aliphatic carbocycles. The smallest absolute Gasteiger partial charge is 0.0485 e. The maximum Gasteiger partial charge on any atom is 0.0485 e. The van der Waals surface area contributed by atoms with Gasteiger partial charge in [-0.1, -0.05) is 170 Å². The first-order chi connectivity index (χ1) is 30.2. The molecule has 8 aromatic carbocycles. The lowest BCUT2D eigenvalue weighted by Crippen LogP contribution is -2.09. The number of anilines is 6. The summed E-state index contributed by atoms with van der Waals surface area (Å²) >= 11 is 0. The van der Waals surface area contributed by atoms with Crippen LogP contribution < -0.4 is 9.80 Å². The molecule has 0 N–H and O–H groups in total. The molecule has 0 unspecified atom stereocenters. The Morgan fingerprint density at radius 1 is 0.295 bits per heavy atom. The fraction of sp³-hybridized carbons (Fsp3) is 0.0345. The summed E-state index contributed by atoms with van der Waals surface area (Å²) < 4.78 is 2.40. The fourth-order valence-electron chi connectivity index (χ4n) is 7.90. The molecular formula is C58H47N3. The van der Waals surface area contributed by atoms with Crippen molar-refractivity contribution in [2.75, 3.05) is 9.80 Å². The van der Waals surface area contributed by atoms with Crippen LogP contribution in [-0.2, 0) is 6.54 Å². The zero-order valence-electron chi connectivity index (χ0n) is 34.3. The molecule has 0 fully saturated rings. The quantitative estimate of drug-likeness (QED) is 0.108. The van der Waals surface area contributed by atoms with Gasteiger partial charge in [-0.25, -0.2) is 0 Å². The minimum atomic E-state index is 0.880. The van der Waals surface area contributed by atoms with E-state index in [-0.39, 0.29) is 0 Å². The SMILES string of the molecule is CCn1c(-c2ccc(C=Cc3ccc(N(c4ccccc4)c4ccccc4)cc3)cc2)ccc1-c1ccc(C=Cc2ccc(N(c3ccccc3)c3ccccc3)cc2)cc1. The summed E-state index contributed by atoms with van der Waals surface area (Å²) in [5, 5.41) is 0. The van der Waals surface area contributed by atoms with Gasteiger partial charge in [0.2, 0.25) is 0 Å². The monoisotopic (exact) mass is 785 g/mol. The maximum absolute atomic E-state index is 2.40. The lowest BCUT2D eigenvalue weighted by Gasteiger charge is -2.25. The predicted molar refractivity (Wildman–Crippen MR) is 261 cm³/mol. The summed E-state index contributed by atoms with van der Waals surface area (Å²) in [7, 11) is 0. The Kier molecular flexibility index (Phi) is 11.6. The van der Waals surface area contributed by atoms with E-state index in [2.05, 4.69) is 276 Å². The Morgan fingerprint density at radius 3 is 0.803 bits per heavy atom. The number of aromatic nitrogens is 1. The average molecular weight is 786 g/mol. The van der Waals surface area contributed by atoms with E-state index in [1.807, 2.05) is 0 Å². The van der Waals surface area contributed by atoms with Crippen LogP contribution in [0, 0.1) is 0 Å². The number of hydrogen-bond donors (Lipinski definition) is 0. The van der Waals surface area contributed by atoms with Crippen LogP contribution in [0.3, 0.4) is 0 Å². The third-order valence-corrected chi connectivity index (χ3v) is 11.0. The van der Waals surface area contributed by atoms with Crippen LogP contribution in [0.25, 0.3) is 46.8 Å². The van der Waals surface area contributed by atoms with Crippen molar-refractivity contribution in [3.63, 3.8) is 0 Å². The van der Waals surface area contributed by atoms with Gasteiger partial charge in [-0.3, -0.25) is 0 Å². The van der Waals surface area contributed by atoms with Gasteiger partial charge >= 0.3 is 0 Å². The first-order valence-corrected chi connectivity index (χ1v) is 21.0. The second kappa shape index (κ2) is 18.4. The van der Waals surface area contributed by atoms with Crippen LogP contribution >= 0.6 is 0 Å². The molecule has 1 heterocycles. The van der Waals surface area contributed by atoms with Gasteiger partial charge in [0.05, 0.1) is 0 Å². The second-order valence-electron chi connectivity index (χ2n) is 15.0. The van der Waals surface area contributed by atoms with Crippen molar-refractivity contribution in [3.8, 4) is 22.5 Å². The minimum Gasteiger partial charge on any atom is -0.341 e. The van der Waals surface area contributed by atoms with Crippen LogP contribution in [0.15, 0.2) is 231 Å². The van der Waals surface area contributed by atoms with Gasteiger partial charge in [0.1, 0.15) is 0 Å². The Hall–Kier alpha value is -7.88. The molecule has 0 bridgehead atoms. The molecule has 3 heteroatoms. The first kappa shape index (κ1) is 38.6. The highest BCUT2D eigenvalue weighted by Crippen LogP contribution is 2.36. The fourth-order valence-corrected chi connectivity index (χ4v) is 7.90. The normalized spacial score (nSPS) is 11.3. The zero-order chi connectivity index (χ0) is 41.2. The van der Waals surface area contributed by atoms with Crippen molar-refractivity contribution in [2.45, 2.75) is 13.5 Å². The van der Waals surface area contributed by atoms with Crippen molar-refractivity contribution >= 4 is 58.4 Å². The van der Waals surface area contributed by atoms with Crippen molar-refractivity contribution in [3.05, 3.63) is 253 Å². The van der Waals surface area contributed by atoms with Crippen molar-refractivity contribution < 1.29 is 0 Å². The molecule has 0 aliphatic heterocycles. The molecule has 9 aromatic rings.